The second kappa shape index (κ2) is 5.69. The van der Waals surface area contributed by atoms with E-state index in [1.165, 1.54) is 9.13 Å². The molecule has 1 heterocycles. The van der Waals surface area contributed by atoms with Crippen molar-refractivity contribution in [3.8, 4) is 0 Å². The Morgan fingerprint density at radius 1 is 0.947 bits per heavy atom. The van der Waals surface area contributed by atoms with Crippen LogP contribution in [-0.4, -0.2) is 9.13 Å². The molecule has 1 aromatic carbocycles. The van der Waals surface area contributed by atoms with E-state index in [1.54, 1.807) is 12.4 Å². The standard InChI is InChI=1S/C15H18N2O2/c1-12(2)10-16-8-9-17(15(19)14(16)18)11-13-6-4-3-5-7-13/h3-9,12H,10-11H2,1-2H3. The van der Waals surface area contributed by atoms with Crippen LogP contribution in [0, 0.1) is 5.92 Å². The molecule has 0 radical (unpaired) electrons. The highest BCUT2D eigenvalue weighted by Crippen LogP contribution is 2.00. The minimum atomic E-state index is -0.466. The fraction of sp³-hybridized carbons (Fsp3) is 0.333. The minimum Gasteiger partial charge on any atom is -0.309 e. The molecule has 100 valence electrons. The fourth-order valence-corrected chi connectivity index (χ4v) is 1.98. The first-order valence-corrected chi connectivity index (χ1v) is 6.41. The van der Waals surface area contributed by atoms with Gasteiger partial charge < -0.3 is 9.13 Å². The molecule has 4 heteroatoms. The Bertz CT molecular complexity index is 654. The van der Waals surface area contributed by atoms with Crippen molar-refractivity contribution in [2.75, 3.05) is 0 Å². The molecular weight excluding hydrogens is 240 g/mol. The SMILES string of the molecule is CC(C)Cn1ccn(Cc2ccccc2)c(=O)c1=O. The van der Waals surface area contributed by atoms with Crippen molar-refractivity contribution < 1.29 is 0 Å². The molecule has 2 aromatic rings. The lowest BCUT2D eigenvalue weighted by Gasteiger charge is -2.10. The van der Waals surface area contributed by atoms with Crippen LogP contribution in [0.25, 0.3) is 0 Å². The minimum absolute atomic E-state index is 0.335. The lowest BCUT2D eigenvalue weighted by Crippen LogP contribution is -2.41. The van der Waals surface area contributed by atoms with E-state index < -0.39 is 11.1 Å². The van der Waals surface area contributed by atoms with Crippen LogP contribution in [-0.2, 0) is 13.1 Å². The van der Waals surface area contributed by atoms with Crippen molar-refractivity contribution in [3.63, 3.8) is 0 Å². The lowest BCUT2D eigenvalue weighted by atomic mass is 10.2. The van der Waals surface area contributed by atoms with Crippen molar-refractivity contribution in [1.29, 1.82) is 0 Å². The zero-order valence-electron chi connectivity index (χ0n) is 11.2. The number of hydrogen-bond acceptors (Lipinski definition) is 2. The van der Waals surface area contributed by atoms with E-state index in [0.717, 1.165) is 5.56 Å². The summed E-state index contributed by atoms with van der Waals surface area (Å²) in [4.78, 5) is 23.9. The van der Waals surface area contributed by atoms with Gasteiger partial charge in [-0.1, -0.05) is 44.2 Å². The summed E-state index contributed by atoms with van der Waals surface area (Å²) in [6.07, 6.45) is 3.37. The molecule has 0 amide bonds. The highest BCUT2D eigenvalue weighted by atomic mass is 16.2. The summed E-state index contributed by atoms with van der Waals surface area (Å²) < 4.78 is 2.93. The Morgan fingerprint density at radius 2 is 1.53 bits per heavy atom. The summed E-state index contributed by atoms with van der Waals surface area (Å²) >= 11 is 0. The molecule has 0 aliphatic rings. The van der Waals surface area contributed by atoms with Gasteiger partial charge in [-0.05, 0) is 11.5 Å². The molecule has 1 aromatic heterocycles. The van der Waals surface area contributed by atoms with E-state index in [0.29, 0.717) is 19.0 Å². The largest absolute Gasteiger partial charge is 0.316 e. The van der Waals surface area contributed by atoms with E-state index in [4.69, 9.17) is 0 Å². The highest BCUT2D eigenvalue weighted by Gasteiger charge is 2.06. The van der Waals surface area contributed by atoms with E-state index in [-0.39, 0.29) is 0 Å². The second-order valence-corrected chi connectivity index (χ2v) is 5.07. The monoisotopic (exact) mass is 258 g/mol. The molecule has 19 heavy (non-hydrogen) atoms. The number of hydrogen-bond donors (Lipinski definition) is 0. The van der Waals surface area contributed by atoms with E-state index >= 15 is 0 Å². The molecule has 0 aliphatic carbocycles. The van der Waals surface area contributed by atoms with Crippen LogP contribution < -0.4 is 11.1 Å². The molecule has 2 rings (SSSR count). The maximum absolute atomic E-state index is 12.0. The highest BCUT2D eigenvalue weighted by molar-refractivity contribution is 5.15. The van der Waals surface area contributed by atoms with Gasteiger partial charge in [-0.2, -0.15) is 0 Å². The Hall–Kier alpha value is -2.10. The molecule has 0 spiro atoms. The van der Waals surface area contributed by atoms with Crippen LogP contribution in [0.15, 0.2) is 52.3 Å². The topological polar surface area (TPSA) is 44.0 Å². The Labute approximate surface area is 111 Å². The van der Waals surface area contributed by atoms with Gasteiger partial charge in [-0.25, -0.2) is 0 Å². The normalized spacial score (nSPS) is 10.9. The van der Waals surface area contributed by atoms with E-state index in [2.05, 4.69) is 0 Å². The van der Waals surface area contributed by atoms with Crippen molar-refractivity contribution >= 4 is 0 Å². The predicted octanol–water partition coefficient (Wildman–Crippen LogP) is 1.71. The first-order valence-electron chi connectivity index (χ1n) is 6.41. The molecule has 0 bridgehead atoms. The van der Waals surface area contributed by atoms with Gasteiger partial charge in [-0.15, -0.1) is 0 Å². The Kier molecular flexibility index (Phi) is 4.00. The summed E-state index contributed by atoms with van der Waals surface area (Å²) in [5.74, 6) is 0.335. The number of nitrogens with zero attached hydrogens (tertiary/aromatic N) is 2. The maximum Gasteiger partial charge on any atom is 0.316 e. The second-order valence-electron chi connectivity index (χ2n) is 5.07. The average Bonchev–Trinajstić information content (AvgIpc) is 2.39. The van der Waals surface area contributed by atoms with Gasteiger partial charge in [0.05, 0.1) is 6.54 Å². The zero-order chi connectivity index (χ0) is 13.8. The van der Waals surface area contributed by atoms with E-state index in [9.17, 15) is 9.59 Å². The van der Waals surface area contributed by atoms with Crippen molar-refractivity contribution in [1.82, 2.24) is 9.13 Å². The van der Waals surface area contributed by atoms with Crippen LogP contribution in [0.1, 0.15) is 19.4 Å². The van der Waals surface area contributed by atoms with Crippen LogP contribution in [0.5, 0.6) is 0 Å². The smallest absolute Gasteiger partial charge is 0.309 e. The molecule has 0 aliphatic heterocycles. The van der Waals surface area contributed by atoms with Gasteiger partial charge >= 0.3 is 11.1 Å². The van der Waals surface area contributed by atoms with Crippen molar-refractivity contribution in [2.24, 2.45) is 5.92 Å². The third kappa shape index (κ3) is 3.22. The summed E-state index contributed by atoms with van der Waals surface area (Å²) in [7, 11) is 0. The van der Waals surface area contributed by atoms with Crippen LogP contribution in [0.4, 0.5) is 0 Å². The van der Waals surface area contributed by atoms with Gasteiger partial charge in [0, 0.05) is 18.9 Å². The van der Waals surface area contributed by atoms with Gasteiger partial charge in [0.1, 0.15) is 0 Å². The summed E-state index contributed by atoms with van der Waals surface area (Å²) in [6.45, 7) is 5.03. The van der Waals surface area contributed by atoms with Crippen LogP contribution >= 0.6 is 0 Å². The summed E-state index contributed by atoms with van der Waals surface area (Å²) in [5.41, 5.74) is 0.0877. The van der Waals surface area contributed by atoms with Crippen LogP contribution in [0.3, 0.4) is 0 Å². The average molecular weight is 258 g/mol. The van der Waals surface area contributed by atoms with Gasteiger partial charge in [0.25, 0.3) is 0 Å². The predicted molar refractivity (Wildman–Crippen MR) is 75.3 cm³/mol. The first kappa shape index (κ1) is 13.3. The first-order chi connectivity index (χ1) is 9.08. The van der Waals surface area contributed by atoms with Gasteiger partial charge in [0.2, 0.25) is 0 Å². The summed E-state index contributed by atoms with van der Waals surface area (Å²) in [5, 5.41) is 0. The quantitative estimate of drug-likeness (QED) is 0.784. The maximum atomic E-state index is 12.0. The molecular formula is C15H18N2O2. The molecule has 0 atom stereocenters. The molecule has 0 fully saturated rings. The number of rotatable bonds is 4. The lowest BCUT2D eigenvalue weighted by molar-refractivity contribution is 0.499. The Balaban J connectivity index is 2.32. The Morgan fingerprint density at radius 3 is 2.16 bits per heavy atom. The van der Waals surface area contributed by atoms with Crippen molar-refractivity contribution in [3.05, 3.63) is 69.0 Å². The van der Waals surface area contributed by atoms with Gasteiger partial charge in [0.15, 0.2) is 0 Å². The third-order valence-corrected chi connectivity index (χ3v) is 2.89. The molecule has 0 N–H and O–H groups in total. The zero-order valence-corrected chi connectivity index (χ0v) is 11.2. The molecule has 0 saturated carbocycles. The summed E-state index contributed by atoms with van der Waals surface area (Å²) in [6, 6.07) is 9.63. The number of aromatic nitrogens is 2. The molecule has 0 unspecified atom stereocenters. The number of benzene rings is 1. The van der Waals surface area contributed by atoms with E-state index in [1.807, 2.05) is 44.2 Å². The van der Waals surface area contributed by atoms with Crippen LogP contribution in [0.2, 0.25) is 0 Å². The molecule has 4 nitrogen and oxygen atoms in total. The van der Waals surface area contributed by atoms with Gasteiger partial charge in [-0.3, -0.25) is 9.59 Å². The third-order valence-electron chi connectivity index (χ3n) is 2.89. The molecule has 0 saturated heterocycles. The van der Waals surface area contributed by atoms with Crippen molar-refractivity contribution in [2.45, 2.75) is 26.9 Å². The fourth-order valence-electron chi connectivity index (χ4n) is 1.98.